The summed E-state index contributed by atoms with van der Waals surface area (Å²) in [5.41, 5.74) is 2.58. The first-order valence-corrected chi connectivity index (χ1v) is 6.60. The molecule has 0 atom stereocenters. The average Bonchev–Trinajstić information content (AvgIpc) is 2.26. The van der Waals surface area contributed by atoms with Crippen molar-refractivity contribution in [3.8, 4) is 0 Å². The summed E-state index contributed by atoms with van der Waals surface area (Å²) < 4.78 is 1.18. The molecule has 0 aliphatic carbocycles. The molecule has 3 heteroatoms. The van der Waals surface area contributed by atoms with E-state index in [2.05, 4.69) is 46.4 Å². The maximum absolute atomic E-state index is 8.64. The Morgan fingerprint density at radius 1 is 1.25 bits per heavy atom. The van der Waals surface area contributed by atoms with Crippen LogP contribution in [-0.4, -0.2) is 18.3 Å². The van der Waals surface area contributed by atoms with Gasteiger partial charge in [-0.2, -0.15) is 0 Å². The molecule has 90 valence electrons. The molecule has 0 aliphatic heterocycles. The summed E-state index contributed by atoms with van der Waals surface area (Å²) in [5, 5.41) is 12.0. The summed E-state index contributed by atoms with van der Waals surface area (Å²) in [5.74, 6) is 0. The van der Waals surface area contributed by atoms with E-state index < -0.39 is 0 Å². The lowest BCUT2D eigenvalue weighted by Crippen LogP contribution is -2.15. The number of hydrogen-bond acceptors (Lipinski definition) is 2. The van der Waals surface area contributed by atoms with Gasteiger partial charge in [0, 0.05) is 17.6 Å². The molecule has 0 spiro atoms. The van der Waals surface area contributed by atoms with E-state index in [0.717, 1.165) is 32.4 Å². The van der Waals surface area contributed by atoms with Gasteiger partial charge in [0.1, 0.15) is 0 Å². The molecule has 0 saturated carbocycles. The number of hydrogen-bond donors (Lipinski definition) is 2. The van der Waals surface area contributed by atoms with Crippen molar-refractivity contribution >= 4 is 15.9 Å². The zero-order valence-electron chi connectivity index (χ0n) is 9.80. The quantitative estimate of drug-likeness (QED) is 0.755. The van der Waals surface area contributed by atoms with Gasteiger partial charge in [0.15, 0.2) is 0 Å². The highest BCUT2D eigenvalue weighted by molar-refractivity contribution is 9.10. The van der Waals surface area contributed by atoms with E-state index >= 15 is 0 Å². The maximum atomic E-state index is 8.64. The molecule has 0 saturated heterocycles. The third-order valence-corrected chi connectivity index (χ3v) is 3.27. The fourth-order valence-electron chi connectivity index (χ4n) is 1.56. The third-order valence-electron chi connectivity index (χ3n) is 2.54. The molecule has 0 heterocycles. The first-order valence-electron chi connectivity index (χ1n) is 5.80. The van der Waals surface area contributed by atoms with Gasteiger partial charge >= 0.3 is 0 Å². The van der Waals surface area contributed by atoms with Crippen LogP contribution in [0.5, 0.6) is 0 Å². The minimum absolute atomic E-state index is 0.309. The number of nitrogens with one attached hydrogen (secondary N) is 1. The van der Waals surface area contributed by atoms with E-state index in [1.807, 2.05) is 0 Å². The van der Waals surface area contributed by atoms with Crippen molar-refractivity contribution in [2.75, 3.05) is 13.2 Å². The van der Waals surface area contributed by atoms with Crippen molar-refractivity contribution in [1.82, 2.24) is 5.32 Å². The second-order valence-corrected chi connectivity index (χ2v) is 4.91. The summed E-state index contributed by atoms with van der Waals surface area (Å²) in [4.78, 5) is 0. The van der Waals surface area contributed by atoms with Crippen LogP contribution < -0.4 is 5.32 Å². The molecule has 0 aromatic heterocycles. The van der Waals surface area contributed by atoms with E-state index in [9.17, 15) is 0 Å². The van der Waals surface area contributed by atoms with Gasteiger partial charge in [-0.25, -0.2) is 0 Å². The molecule has 0 aliphatic rings. The van der Waals surface area contributed by atoms with Crippen LogP contribution in [0.15, 0.2) is 22.7 Å². The van der Waals surface area contributed by atoms with Crippen LogP contribution in [0, 0.1) is 6.92 Å². The molecule has 1 aromatic rings. The first-order chi connectivity index (χ1) is 7.74. The van der Waals surface area contributed by atoms with Crippen LogP contribution in [0.2, 0.25) is 0 Å². The van der Waals surface area contributed by atoms with Crippen LogP contribution >= 0.6 is 15.9 Å². The first kappa shape index (κ1) is 13.7. The molecule has 0 amide bonds. The van der Waals surface area contributed by atoms with Crippen molar-refractivity contribution in [2.24, 2.45) is 0 Å². The highest BCUT2D eigenvalue weighted by Gasteiger charge is 1.99. The Morgan fingerprint density at radius 3 is 2.75 bits per heavy atom. The molecule has 1 rings (SSSR count). The van der Waals surface area contributed by atoms with Gasteiger partial charge in [0.25, 0.3) is 0 Å². The molecule has 2 N–H and O–H groups in total. The highest BCUT2D eigenvalue weighted by Crippen LogP contribution is 2.17. The van der Waals surface area contributed by atoms with Crippen LogP contribution in [0.3, 0.4) is 0 Å². The zero-order chi connectivity index (χ0) is 11.8. The molecular formula is C13H20BrNO. The molecule has 0 radical (unpaired) electrons. The van der Waals surface area contributed by atoms with Crippen LogP contribution in [0.1, 0.15) is 30.4 Å². The fraction of sp³-hybridized carbons (Fsp3) is 0.538. The van der Waals surface area contributed by atoms with Crippen LogP contribution in [0.4, 0.5) is 0 Å². The largest absolute Gasteiger partial charge is 0.396 e. The lowest BCUT2D eigenvalue weighted by molar-refractivity contribution is 0.283. The van der Waals surface area contributed by atoms with Crippen LogP contribution in [0.25, 0.3) is 0 Å². The van der Waals surface area contributed by atoms with E-state index in [1.54, 1.807) is 0 Å². The van der Waals surface area contributed by atoms with Crippen LogP contribution in [-0.2, 0) is 6.54 Å². The van der Waals surface area contributed by atoms with E-state index in [1.165, 1.54) is 15.6 Å². The van der Waals surface area contributed by atoms with Crippen molar-refractivity contribution in [1.29, 1.82) is 0 Å². The number of aliphatic hydroxyl groups is 1. The molecule has 0 fully saturated rings. The maximum Gasteiger partial charge on any atom is 0.0431 e. The van der Waals surface area contributed by atoms with Gasteiger partial charge < -0.3 is 10.4 Å². The van der Waals surface area contributed by atoms with Crippen molar-refractivity contribution in [2.45, 2.75) is 32.7 Å². The predicted molar refractivity (Wildman–Crippen MR) is 71.5 cm³/mol. The number of aliphatic hydroxyl groups excluding tert-OH is 1. The van der Waals surface area contributed by atoms with Crippen molar-refractivity contribution in [3.05, 3.63) is 33.8 Å². The molecule has 0 bridgehead atoms. The van der Waals surface area contributed by atoms with E-state index in [-0.39, 0.29) is 0 Å². The monoisotopic (exact) mass is 285 g/mol. The highest BCUT2D eigenvalue weighted by atomic mass is 79.9. The minimum atomic E-state index is 0.309. The van der Waals surface area contributed by atoms with Crippen molar-refractivity contribution in [3.63, 3.8) is 0 Å². The summed E-state index contributed by atoms with van der Waals surface area (Å²) in [6, 6.07) is 6.43. The van der Waals surface area contributed by atoms with E-state index in [4.69, 9.17) is 5.11 Å². The molecule has 1 aromatic carbocycles. The second kappa shape index (κ2) is 7.82. The second-order valence-electron chi connectivity index (χ2n) is 4.06. The fourth-order valence-corrected chi connectivity index (χ4v) is 2.19. The normalized spacial score (nSPS) is 10.7. The molecule has 16 heavy (non-hydrogen) atoms. The van der Waals surface area contributed by atoms with Gasteiger partial charge in [-0.3, -0.25) is 0 Å². The van der Waals surface area contributed by atoms with Gasteiger partial charge in [0.05, 0.1) is 0 Å². The van der Waals surface area contributed by atoms with E-state index in [0.29, 0.717) is 6.61 Å². The van der Waals surface area contributed by atoms with Crippen molar-refractivity contribution < 1.29 is 5.11 Å². The molecule has 0 unspecified atom stereocenters. The van der Waals surface area contributed by atoms with Gasteiger partial charge in [-0.1, -0.05) is 28.1 Å². The summed E-state index contributed by atoms with van der Waals surface area (Å²) in [7, 11) is 0. The topological polar surface area (TPSA) is 32.3 Å². The standard InChI is InChI=1S/C13H20BrNO/c1-11-5-6-12(13(14)9-11)10-15-7-3-2-4-8-16/h5-6,9,15-16H,2-4,7-8,10H2,1H3. The Bertz CT molecular complexity index is 315. The Hall–Kier alpha value is -0.380. The smallest absolute Gasteiger partial charge is 0.0431 e. The third kappa shape index (κ3) is 5.10. The minimum Gasteiger partial charge on any atom is -0.396 e. The summed E-state index contributed by atoms with van der Waals surface area (Å²) in [6.45, 7) is 4.32. The Labute approximate surface area is 106 Å². The summed E-state index contributed by atoms with van der Waals surface area (Å²) in [6.07, 6.45) is 3.14. The number of halogens is 1. The number of unbranched alkanes of at least 4 members (excludes halogenated alkanes) is 2. The Morgan fingerprint density at radius 2 is 2.06 bits per heavy atom. The Balaban J connectivity index is 2.21. The molecule has 2 nitrogen and oxygen atoms in total. The SMILES string of the molecule is Cc1ccc(CNCCCCCO)c(Br)c1. The van der Waals surface area contributed by atoms with Gasteiger partial charge in [-0.05, 0) is 49.9 Å². The lowest BCUT2D eigenvalue weighted by atomic mass is 10.1. The zero-order valence-corrected chi connectivity index (χ0v) is 11.4. The molecular weight excluding hydrogens is 266 g/mol. The number of benzene rings is 1. The van der Waals surface area contributed by atoms with Gasteiger partial charge in [0.2, 0.25) is 0 Å². The number of rotatable bonds is 7. The predicted octanol–water partition coefficient (Wildman–Crippen LogP) is 3.01. The number of aryl methyl sites for hydroxylation is 1. The van der Waals surface area contributed by atoms with Gasteiger partial charge in [-0.15, -0.1) is 0 Å². The Kier molecular flexibility index (Phi) is 6.69. The average molecular weight is 286 g/mol. The summed E-state index contributed by atoms with van der Waals surface area (Å²) >= 11 is 3.57. The lowest BCUT2D eigenvalue weighted by Gasteiger charge is -2.07.